The molecule has 4 rings (SSSR count). The van der Waals surface area contributed by atoms with Crippen molar-refractivity contribution in [3.63, 3.8) is 0 Å². The summed E-state index contributed by atoms with van der Waals surface area (Å²) in [7, 11) is -0.498. The van der Waals surface area contributed by atoms with E-state index < -0.39 is 23.9 Å². The zero-order chi connectivity index (χ0) is 28.3. The van der Waals surface area contributed by atoms with Gasteiger partial charge in [-0.1, -0.05) is 42.5 Å². The second kappa shape index (κ2) is 11.4. The van der Waals surface area contributed by atoms with Crippen LogP contribution in [0.4, 0.5) is 0 Å². The number of benzene rings is 2. The SMILES string of the molecule is CC(C)(C)OC(=O)Cc1ccccc1OCc1cc(C=Cc2ccncc2)cc(B2OC(C)(C)C(C)(C)O2)c1. The van der Waals surface area contributed by atoms with Crippen LogP contribution >= 0.6 is 0 Å². The highest BCUT2D eigenvalue weighted by atomic mass is 16.7. The van der Waals surface area contributed by atoms with Crippen molar-refractivity contribution in [3.05, 3.63) is 89.2 Å². The van der Waals surface area contributed by atoms with Crippen LogP contribution in [-0.2, 0) is 31.9 Å². The Morgan fingerprint density at radius 2 is 1.56 bits per heavy atom. The van der Waals surface area contributed by atoms with Gasteiger partial charge in [0.05, 0.1) is 17.6 Å². The van der Waals surface area contributed by atoms with Gasteiger partial charge in [0, 0.05) is 18.0 Å². The summed E-state index contributed by atoms with van der Waals surface area (Å²) in [4.78, 5) is 16.6. The van der Waals surface area contributed by atoms with Crippen molar-refractivity contribution in [2.75, 3.05) is 0 Å². The molecule has 1 aliphatic rings. The minimum atomic E-state index is -0.541. The molecule has 0 radical (unpaired) electrons. The summed E-state index contributed by atoms with van der Waals surface area (Å²) in [5, 5.41) is 0. The Morgan fingerprint density at radius 3 is 2.23 bits per heavy atom. The van der Waals surface area contributed by atoms with Gasteiger partial charge < -0.3 is 18.8 Å². The van der Waals surface area contributed by atoms with E-state index in [0.29, 0.717) is 12.4 Å². The Bertz CT molecular complexity index is 1310. The van der Waals surface area contributed by atoms with Crippen molar-refractivity contribution in [1.82, 2.24) is 4.98 Å². The molecule has 0 N–H and O–H groups in total. The first-order valence-corrected chi connectivity index (χ1v) is 13.3. The van der Waals surface area contributed by atoms with Gasteiger partial charge in [0.15, 0.2) is 0 Å². The lowest BCUT2D eigenvalue weighted by atomic mass is 9.77. The molecule has 7 heteroatoms. The predicted octanol–water partition coefficient (Wildman–Crippen LogP) is 6.01. The third kappa shape index (κ3) is 7.58. The summed E-state index contributed by atoms with van der Waals surface area (Å²) < 4.78 is 24.4. The van der Waals surface area contributed by atoms with E-state index >= 15 is 0 Å². The van der Waals surface area contributed by atoms with Crippen LogP contribution in [0.3, 0.4) is 0 Å². The highest BCUT2D eigenvalue weighted by Gasteiger charge is 2.51. The Labute approximate surface area is 232 Å². The van der Waals surface area contributed by atoms with Crippen LogP contribution in [0.2, 0.25) is 0 Å². The van der Waals surface area contributed by atoms with E-state index in [2.05, 4.69) is 29.3 Å². The van der Waals surface area contributed by atoms with Gasteiger partial charge in [0.2, 0.25) is 0 Å². The molecule has 39 heavy (non-hydrogen) atoms. The van der Waals surface area contributed by atoms with Crippen molar-refractivity contribution >= 4 is 30.7 Å². The van der Waals surface area contributed by atoms with Crippen LogP contribution in [-0.4, -0.2) is 34.9 Å². The van der Waals surface area contributed by atoms with Gasteiger partial charge in [-0.2, -0.15) is 0 Å². The molecule has 2 aromatic carbocycles. The maximum atomic E-state index is 12.5. The minimum Gasteiger partial charge on any atom is -0.489 e. The summed E-state index contributed by atoms with van der Waals surface area (Å²) in [5.74, 6) is 0.364. The standard InChI is InChI=1S/C32H38BNO5/c1-30(2,3)37-29(35)21-26-10-8-9-11-28(26)36-22-25-18-24(13-12-23-14-16-34-17-15-23)19-27(20-25)33-38-31(4,5)32(6,7)39-33/h8-20H,21-22H2,1-7H3. The van der Waals surface area contributed by atoms with E-state index in [4.69, 9.17) is 18.8 Å². The number of carbonyl (C=O) groups excluding carboxylic acids is 1. The predicted molar refractivity (Wildman–Crippen MR) is 156 cm³/mol. The number of esters is 1. The number of pyridine rings is 1. The number of ether oxygens (including phenoxy) is 2. The topological polar surface area (TPSA) is 66.9 Å². The zero-order valence-electron chi connectivity index (χ0n) is 24.0. The molecule has 0 saturated carbocycles. The van der Waals surface area contributed by atoms with Crippen LogP contribution in [0, 0.1) is 0 Å². The van der Waals surface area contributed by atoms with Gasteiger partial charge in [-0.05, 0) is 94.9 Å². The quantitative estimate of drug-likeness (QED) is 0.264. The Hall–Kier alpha value is -3.42. The summed E-state index contributed by atoms with van der Waals surface area (Å²) in [6.07, 6.45) is 7.79. The normalized spacial score (nSPS) is 16.4. The van der Waals surface area contributed by atoms with E-state index in [1.165, 1.54) is 0 Å². The Kier molecular flexibility index (Phi) is 8.33. The van der Waals surface area contributed by atoms with Crippen molar-refractivity contribution in [3.8, 4) is 5.75 Å². The van der Waals surface area contributed by atoms with Crippen LogP contribution in [0.1, 0.15) is 70.7 Å². The highest BCUT2D eigenvalue weighted by Crippen LogP contribution is 2.36. The fraction of sp³-hybridized carbons (Fsp3) is 0.375. The number of nitrogens with zero attached hydrogens (tertiary/aromatic N) is 1. The fourth-order valence-corrected chi connectivity index (χ4v) is 4.19. The first kappa shape index (κ1) is 28.6. The first-order chi connectivity index (χ1) is 18.3. The molecule has 0 bridgehead atoms. The lowest BCUT2D eigenvalue weighted by Gasteiger charge is -2.32. The zero-order valence-corrected chi connectivity index (χ0v) is 24.0. The second-order valence-corrected chi connectivity index (χ2v) is 11.9. The lowest BCUT2D eigenvalue weighted by molar-refractivity contribution is -0.153. The fourth-order valence-electron chi connectivity index (χ4n) is 4.19. The second-order valence-electron chi connectivity index (χ2n) is 11.9. The Balaban J connectivity index is 1.59. The van der Waals surface area contributed by atoms with E-state index in [1.807, 2.05) is 90.9 Å². The summed E-state index contributed by atoms with van der Waals surface area (Å²) >= 11 is 0. The van der Waals surface area contributed by atoms with Crippen LogP contribution in [0.25, 0.3) is 12.2 Å². The van der Waals surface area contributed by atoms with Crippen molar-refractivity contribution in [2.24, 2.45) is 0 Å². The van der Waals surface area contributed by atoms with Crippen LogP contribution in [0.15, 0.2) is 67.0 Å². The van der Waals surface area contributed by atoms with E-state index in [9.17, 15) is 4.79 Å². The monoisotopic (exact) mass is 527 g/mol. The summed E-state index contributed by atoms with van der Waals surface area (Å²) in [6, 6.07) is 17.7. The molecule has 0 spiro atoms. The maximum Gasteiger partial charge on any atom is 0.494 e. The third-order valence-corrected chi connectivity index (χ3v) is 6.86. The molecule has 1 saturated heterocycles. The molecular weight excluding hydrogens is 489 g/mol. The Morgan fingerprint density at radius 1 is 0.923 bits per heavy atom. The van der Waals surface area contributed by atoms with E-state index in [-0.39, 0.29) is 12.4 Å². The van der Waals surface area contributed by atoms with Crippen LogP contribution in [0.5, 0.6) is 5.75 Å². The highest BCUT2D eigenvalue weighted by molar-refractivity contribution is 6.62. The van der Waals surface area contributed by atoms with Gasteiger partial charge in [0.1, 0.15) is 18.0 Å². The lowest BCUT2D eigenvalue weighted by Crippen LogP contribution is -2.41. The number of aromatic nitrogens is 1. The molecule has 3 aromatic rings. The molecule has 204 valence electrons. The number of hydrogen-bond donors (Lipinski definition) is 0. The van der Waals surface area contributed by atoms with E-state index in [1.54, 1.807) is 12.4 Å². The molecule has 0 amide bonds. The number of para-hydroxylation sites is 1. The number of carbonyl (C=O) groups is 1. The van der Waals surface area contributed by atoms with Gasteiger partial charge in [-0.3, -0.25) is 9.78 Å². The number of hydrogen-bond acceptors (Lipinski definition) is 6. The average molecular weight is 527 g/mol. The van der Waals surface area contributed by atoms with Gasteiger partial charge in [0.25, 0.3) is 0 Å². The van der Waals surface area contributed by atoms with Crippen molar-refractivity contribution in [2.45, 2.75) is 78.3 Å². The molecule has 1 fully saturated rings. The first-order valence-electron chi connectivity index (χ1n) is 13.3. The van der Waals surface area contributed by atoms with Gasteiger partial charge in [-0.15, -0.1) is 0 Å². The molecule has 0 unspecified atom stereocenters. The van der Waals surface area contributed by atoms with Gasteiger partial charge in [-0.25, -0.2) is 0 Å². The summed E-state index contributed by atoms with van der Waals surface area (Å²) in [6.45, 7) is 14.1. The molecule has 0 atom stereocenters. The smallest absolute Gasteiger partial charge is 0.489 e. The average Bonchev–Trinajstić information content (AvgIpc) is 3.08. The van der Waals surface area contributed by atoms with E-state index in [0.717, 1.165) is 27.7 Å². The molecule has 2 heterocycles. The third-order valence-electron chi connectivity index (χ3n) is 6.86. The molecule has 0 aliphatic carbocycles. The number of rotatable bonds is 8. The largest absolute Gasteiger partial charge is 0.494 e. The maximum absolute atomic E-state index is 12.5. The minimum absolute atomic E-state index is 0.140. The molecule has 1 aromatic heterocycles. The molecule has 1 aliphatic heterocycles. The van der Waals surface area contributed by atoms with Crippen molar-refractivity contribution in [1.29, 1.82) is 0 Å². The molecular formula is C32H38BNO5. The van der Waals surface area contributed by atoms with Crippen LogP contribution < -0.4 is 10.2 Å². The van der Waals surface area contributed by atoms with Gasteiger partial charge >= 0.3 is 13.1 Å². The molecule has 6 nitrogen and oxygen atoms in total. The van der Waals surface area contributed by atoms with Crippen molar-refractivity contribution < 1.29 is 23.6 Å². The summed E-state index contributed by atoms with van der Waals surface area (Å²) in [5.41, 5.74) is 3.29.